The number of hydrogen-bond donors (Lipinski definition) is 0. The van der Waals surface area contributed by atoms with Gasteiger partial charge in [-0.1, -0.05) is 89.5 Å². The number of hydrogen-bond acceptors (Lipinski definition) is 3. The third kappa shape index (κ3) is 6.72. The van der Waals surface area contributed by atoms with E-state index in [0.717, 1.165) is 76.2 Å². The van der Waals surface area contributed by atoms with Gasteiger partial charge in [-0.3, -0.25) is 4.79 Å². The monoisotopic (exact) mass is 635 g/mol. The molecule has 5 aromatic rings. The highest BCUT2D eigenvalue weighted by Crippen LogP contribution is 2.38. The van der Waals surface area contributed by atoms with Gasteiger partial charge >= 0.3 is 0 Å². The molecule has 1 heterocycles. The molecule has 238 valence electrons. The van der Waals surface area contributed by atoms with Gasteiger partial charge in [0.2, 0.25) is 6.79 Å². The van der Waals surface area contributed by atoms with E-state index < -0.39 is 0 Å². The van der Waals surface area contributed by atoms with Crippen molar-refractivity contribution in [1.29, 1.82) is 0 Å². The minimum absolute atomic E-state index is 0.0173. The highest BCUT2D eigenvalue weighted by molar-refractivity contribution is 6.31. The van der Waals surface area contributed by atoms with Gasteiger partial charge in [0.05, 0.1) is 25.2 Å². The molecule has 6 heteroatoms. The molecule has 0 N–H and O–H groups in total. The molecule has 0 radical (unpaired) electrons. The maximum absolute atomic E-state index is 14.8. The number of nitrogens with zero attached hydrogens (tertiary/aromatic N) is 2. The predicted molar refractivity (Wildman–Crippen MR) is 189 cm³/mol. The molecule has 0 aliphatic carbocycles. The first-order chi connectivity index (χ1) is 22.3. The average Bonchev–Trinajstić information content (AvgIpc) is 3.50. The molecule has 0 fully saturated rings. The molecular weight excluding hydrogens is 592 g/mol. The Bertz CT molecular complexity index is 1810. The summed E-state index contributed by atoms with van der Waals surface area (Å²) in [5, 5.41) is 4.63. The first kappa shape index (κ1) is 31.9. The minimum Gasteiger partial charge on any atom is -0.454 e. The van der Waals surface area contributed by atoms with Crippen molar-refractivity contribution in [2.45, 2.75) is 53.6 Å². The molecule has 0 spiro atoms. The third-order valence-corrected chi connectivity index (χ3v) is 9.98. The first-order valence-electron chi connectivity index (χ1n) is 16.5. The number of carbonyl (C=O) groups excluding carboxylic acids is 1. The standard InChI is InChI=1S/C40H44ClN2O3/c1-5-43(6-2,26-30-20-28(3)19-29(4)21-30)18-12-11-17-42(25-33-23-37-38(24-36(33)41)46-27-45-37)40(44)39-34-15-9-7-13-31(34)22-32-14-8-10-16-35(32)39/h7-10,13-16,19-24H,5-6,11-12,17-18,25-27H2,1-4H3/q+1. The molecule has 0 atom stereocenters. The number of quaternary nitrogens is 1. The lowest BCUT2D eigenvalue weighted by Crippen LogP contribution is -2.47. The van der Waals surface area contributed by atoms with Gasteiger partial charge in [0.25, 0.3) is 5.91 Å². The van der Waals surface area contributed by atoms with Gasteiger partial charge < -0.3 is 18.9 Å². The molecule has 46 heavy (non-hydrogen) atoms. The van der Waals surface area contributed by atoms with Crippen LogP contribution in [0.2, 0.25) is 5.02 Å². The van der Waals surface area contributed by atoms with Crippen molar-refractivity contribution in [1.82, 2.24) is 4.90 Å². The van der Waals surface area contributed by atoms with Crippen LogP contribution in [0.4, 0.5) is 0 Å². The van der Waals surface area contributed by atoms with Crippen LogP contribution in [0.5, 0.6) is 11.5 Å². The van der Waals surface area contributed by atoms with Crippen LogP contribution in [0.25, 0.3) is 21.5 Å². The second-order valence-electron chi connectivity index (χ2n) is 12.8. The maximum Gasteiger partial charge on any atom is 0.255 e. The number of benzene rings is 5. The molecule has 0 saturated heterocycles. The highest BCUT2D eigenvalue weighted by atomic mass is 35.5. The van der Waals surface area contributed by atoms with Crippen LogP contribution in [0.3, 0.4) is 0 Å². The molecule has 0 unspecified atom stereocenters. The van der Waals surface area contributed by atoms with Crippen LogP contribution >= 0.6 is 11.6 Å². The zero-order valence-corrected chi connectivity index (χ0v) is 28.2. The molecule has 0 saturated carbocycles. The molecule has 1 aliphatic rings. The van der Waals surface area contributed by atoms with Crippen LogP contribution in [0.15, 0.2) is 84.9 Å². The third-order valence-electron chi connectivity index (χ3n) is 9.63. The maximum atomic E-state index is 14.8. The first-order valence-corrected chi connectivity index (χ1v) is 16.9. The second kappa shape index (κ2) is 13.7. The van der Waals surface area contributed by atoms with Gasteiger partial charge in [-0.05, 0) is 79.8 Å². The Morgan fingerprint density at radius 1 is 0.804 bits per heavy atom. The quantitative estimate of drug-likeness (QED) is 0.0779. The van der Waals surface area contributed by atoms with Crippen LogP contribution in [-0.2, 0) is 13.1 Å². The normalized spacial score (nSPS) is 12.6. The Kier molecular flexibility index (Phi) is 9.53. The van der Waals surface area contributed by atoms with Crippen molar-refractivity contribution in [3.63, 3.8) is 0 Å². The lowest BCUT2D eigenvalue weighted by atomic mass is 9.95. The van der Waals surface area contributed by atoms with Crippen LogP contribution in [0.1, 0.15) is 59.3 Å². The Hall–Kier alpha value is -4.06. The van der Waals surface area contributed by atoms with Crippen molar-refractivity contribution in [3.05, 3.63) is 118 Å². The summed E-state index contributed by atoms with van der Waals surface area (Å²) in [6.07, 6.45) is 1.91. The number of fused-ring (bicyclic) bond motifs is 3. The van der Waals surface area contributed by atoms with Gasteiger partial charge in [0.1, 0.15) is 6.54 Å². The zero-order chi connectivity index (χ0) is 32.3. The van der Waals surface area contributed by atoms with Crippen LogP contribution < -0.4 is 9.47 Å². The second-order valence-corrected chi connectivity index (χ2v) is 13.2. The zero-order valence-electron chi connectivity index (χ0n) is 27.4. The van der Waals surface area contributed by atoms with Crippen LogP contribution in [-0.4, -0.2) is 48.3 Å². The summed E-state index contributed by atoms with van der Waals surface area (Å²) in [6.45, 7) is 14.4. The van der Waals surface area contributed by atoms with Gasteiger partial charge in [-0.2, -0.15) is 0 Å². The molecule has 5 aromatic carbocycles. The van der Waals surface area contributed by atoms with Crippen molar-refractivity contribution in [3.8, 4) is 11.5 Å². The van der Waals surface area contributed by atoms with E-state index in [0.29, 0.717) is 29.6 Å². The van der Waals surface area contributed by atoms with Gasteiger partial charge in [0, 0.05) is 29.7 Å². The summed E-state index contributed by atoms with van der Waals surface area (Å²) in [5.74, 6) is 1.33. The SMILES string of the molecule is CC[N+](CC)(CCCCN(Cc1cc2c(cc1Cl)OCO2)C(=O)c1c2ccccc2cc2ccccc12)Cc1cc(C)cc(C)c1. The Balaban J connectivity index is 1.29. The smallest absolute Gasteiger partial charge is 0.255 e. The summed E-state index contributed by atoms with van der Waals surface area (Å²) < 4.78 is 12.3. The summed E-state index contributed by atoms with van der Waals surface area (Å²) in [5.41, 5.74) is 5.63. The number of amides is 1. The van der Waals surface area contributed by atoms with E-state index in [1.54, 1.807) is 6.07 Å². The Morgan fingerprint density at radius 3 is 2.04 bits per heavy atom. The summed E-state index contributed by atoms with van der Waals surface area (Å²) in [6, 6.07) is 29.2. The van der Waals surface area contributed by atoms with Crippen molar-refractivity contribution < 1.29 is 18.8 Å². The van der Waals surface area contributed by atoms with E-state index in [-0.39, 0.29) is 12.7 Å². The average molecular weight is 636 g/mol. The summed E-state index contributed by atoms with van der Waals surface area (Å²) in [4.78, 5) is 16.7. The molecule has 1 amide bonds. The number of rotatable bonds is 12. The van der Waals surface area contributed by atoms with Crippen molar-refractivity contribution in [2.24, 2.45) is 0 Å². The number of unbranched alkanes of at least 4 members (excludes halogenated alkanes) is 1. The Morgan fingerprint density at radius 2 is 1.41 bits per heavy atom. The highest BCUT2D eigenvalue weighted by Gasteiger charge is 2.26. The number of ether oxygens (including phenoxy) is 2. The Labute approximate surface area is 277 Å². The van der Waals surface area contributed by atoms with E-state index in [2.05, 4.69) is 76.2 Å². The fourth-order valence-corrected chi connectivity index (χ4v) is 7.29. The molecule has 6 rings (SSSR count). The molecule has 1 aliphatic heterocycles. The van der Waals surface area contributed by atoms with Crippen molar-refractivity contribution in [2.75, 3.05) is 33.0 Å². The largest absolute Gasteiger partial charge is 0.454 e. The van der Waals surface area contributed by atoms with Crippen LogP contribution in [0, 0.1) is 13.8 Å². The van der Waals surface area contributed by atoms with E-state index >= 15 is 0 Å². The van der Waals surface area contributed by atoms with Gasteiger partial charge in [-0.25, -0.2) is 0 Å². The molecule has 0 aromatic heterocycles. The summed E-state index contributed by atoms with van der Waals surface area (Å²) >= 11 is 6.77. The molecule has 5 nitrogen and oxygen atoms in total. The van der Waals surface area contributed by atoms with E-state index in [1.165, 1.54) is 16.7 Å². The summed E-state index contributed by atoms with van der Waals surface area (Å²) in [7, 11) is 0. The number of carbonyl (C=O) groups is 1. The topological polar surface area (TPSA) is 38.8 Å². The predicted octanol–water partition coefficient (Wildman–Crippen LogP) is 9.47. The number of halogens is 1. The fourth-order valence-electron chi connectivity index (χ4n) is 7.08. The van der Waals surface area contributed by atoms with Gasteiger partial charge in [-0.15, -0.1) is 0 Å². The lowest BCUT2D eigenvalue weighted by Gasteiger charge is -2.37. The van der Waals surface area contributed by atoms with Gasteiger partial charge in [0.15, 0.2) is 11.5 Å². The van der Waals surface area contributed by atoms with E-state index in [4.69, 9.17) is 21.1 Å². The minimum atomic E-state index is 0.0173. The molecule has 0 bridgehead atoms. The fraction of sp³-hybridized carbons (Fsp3) is 0.325. The van der Waals surface area contributed by atoms with Crippen molar-refractivity contribution >= 4 is 39.1 Å². The molecular formula is C40H44ClN2O3+. The lowest BCUT2D eigenvalue weighted by molar-refractivity contribution is -0.938. The van der Waals surface area contributed by atoms with E-state index in [9.17, 15) is 4.79 Å². The van der Waals surface area contributed by atoms with E-state index in [1.807, 2.05) is 35.2 Å². The number of aryl methyl sites for hydroxylation is 2.